The van der Waals surface area contributed by atoms with Gasteiger partial charge in [-0.15, -0.1) is 0 Å². The van der Waals surface area contributed by atoms with Crippen molar-refractivity contribution in [2.75, 3.05) is 11.9 Å². The van der Waals surface area contributed by atoms with Crippen LogP contribution < -0.4 is 4.90 Å². The number of carbonyl (C=O) groups is 1. The number of carbonyl (C=O) groups excluding carboxylic acids is 1. The van der Waals surface area contributed by atoms with E-state index in [1.165, 1.54) is 17.3 Å². The molecule has 2 aromatic rings. The molecule has 0 saturated heterocycles. The smallest absolute Gasteiger partial charge is 0.259 e. The van der Waals surface area contributed by atoms with Gasteiger partial charge in [-0.1, -0.05) is 17.7 Å². The van der Waals surface area contributed by atoms with Crippen molar-refractivity contribution in [3.05, 3.63) is 59.4 Å². The molecule has 1 aromatic carbocycles. The number of nitrogens with zero attached hydrogens (tertiary/aromatic N) is 3. The molecule has 1 amide bonds. The maximum Gasteiger partial charge on any atom is 0.259 e. The summed E-state index contributed by atoms with van der Waals surface area (Å²) >= 11 is 0. The fourth-order valence-electron chi connectivity index (χ4n) is 1.70. The number of amides is 1. The van der Waals surface area contributed by atoms with Gasteiger partial charge in [0.15, 0.2) is 0 Å². The van der Waals surface area contributed by atoms with Crippen LogP contribution in [-0.2, 0) is 0 Å². The lowest BCUT2D eigenvalue weighted by atomic mass is 10.1. The summed E-state index contributed by atoms with van der Waals surface area (Å²) in [5.41, 5.74) is 2.72. The van der Waals surface area contributed by atoms with Gasteiger partial charge in [0, 0.05) is 25.1 Å². The normalized spacial score (nSPS) is 9.74. The lowest BCUT2D eigenvalue weighted by Gasteiger charge is -2.17. The Morgan fingerprint density at radius 1 is 1.26 bits per heavy atom. The second-order valence-electron chi connectivity index (χ2n) is 4.27. The van der Waals surface area contributed by atoms with Crippen LogP contribution in [-0.4, -0.2) is 17.9 Å². The molecule has 4 heteroatoms. The van der Waals surface area contributed by atoms with Gasteiger partial charge < -0.3 is 4.90 Å². The van der Waals surface area contributed by atoms with E-state index < -0.39 is 0 Å². The van der Waals surface area contributed by atoms with E-state index in [1.54, 1.807) is 13.1 Å². The van der Waals surface area contributed by atoms with Crippen molar-refractivity contribution >= 4 is 11.6 Å². The number of nitriles is 1. The van der Waals surface area contributed by atoms with Gasteiger partial charge in [0.05, 0.1) is 11.1 Å². The molecule has 0 aliphatic rings. The number of hydrogen-bond donors (Lipinski definition) is 0. The van der Waals surface area contributed by atoms with Gasteiger partial charge in [0.25, 0.3) is 5.91 Å². The zero-order chi connectivity index (χ0) is 13.8. The lowest BCUT2D eigenvalue weighted by Crippen LogP contribution is -2.26. The molecule has 0 atom stereocenters. The molecule has 1 aromatic heterocycles. The molecule has 0 aliphatic carbocycles. The Kier molecular flexibility index (Phi) is 3.58. The third-order valence-electron chi connectivity index (χ3n) is 2.84. The van der Waals surface area contributed by atoms with Crippen LogP contribution in [0.3, 0.4) is 0 Å². The van der Waals surface area contributed by atoms with Crippen molar-refractivity contribution in [2.24, 2.45) is 0 Å². The third kappa shape index (κ3) is 2.78. The molecule has 0 N–H and O–H groups in total. The topological polar surface area (TPSA) is 57.0 Å². The minimum absolute atomic E-state index is 0.187. The second kappa shape index (κ2) is 5.32. The molecule has 0 aliphatic heterocycles. The lowest BCUT2D eigenvalue weighted by molar-refractivity contribution is 0.0992. The summed E-state index contributed by atoms with van der Waals surface area (Å²) in [5.74, 6) is -0.187. The van der Waals surface area contributed by atoms with Gasteiger partial charge in [-0.3, -0.25) is 9.78 Å². The summed E-state index contributed by atoms with van der Waals surface area (Å²) in [7, 11) is 1.70. The molecular formula is C15H13N3O. The van der Waals surface area contributed by atoms with E-state index in [0.29, 0.717) is 11.1 Å². The van der Waals surface area contributed by atoms with Gasteiger partial charge in [-0.2, -0.15) is 5.26 Å². The molecular weight excluding hydrogens is 238 g/mol. The first kappa shape index (κ1) is 12.8. The van der Waals surface area contributed by atoms with Gasteiger partial charge in [0.2, 0.25) is 0 Å². The van der Waals surface area contributed by atoms with Gasteiger partial charge in [-0.05, 0) is 25.1 Å². The van der Waals surface area contributed by atoms with E-state index in [-0.39, 0.29) is 5.91 Å². The first-order valence-electron chi connectivity index (χ1n) is 5.81. The Labute approximate surface area is 111 Å². The molecule has 2 rings (SSSR count). The molecule has 0 saturated carbocycles. The fourth-order valence-corrected chi connectivity index (χ4v) is 1.70. The maximum absolute atomic E-state index is 12.3. The highest BCUT2D eigenvalue weighted by molar-refractivity contribution is 6.05. The quantitative estimate of drug-likeness (QED) is 0.824. The molecule has 1 heterocycles. The predicted molar refractivity (Wildman–Crippen MR) is 72.9 cm³/mol. The zero-order valence-corrected chi connectivity index (χ0v) is 10.8. The van der Waals surface area contributed by atoms with Crippen molar-refractivity contribution in [2.45, 2.75) is 6.92 Å². The second-order valence-corrected chi connectivity index (χ2v) is 4.27. The van der Waals surface area contributed by atoms with E-state index in [2.05, 4.69) is 4.98 Å². The van der Waals surface area contributed by atoms with Crippen LogP contribution in [0.5, 0.6) is 0 Å². The van der Waals surface area contributed by atoms with Gasteiger partial charge in [-0.25, -0.2) is 0 Å². The first-order valence-corrected chi connectivity index (χ1v) is 5.81. The maximum atomic E-state index is 12.3. The van der Waals surface area contributed by atoms with Crippen LogP contribution in [0.1, 0.15) is 21.5 Å². The molecule has 0 radical (unpaired) electrons. The summed E-state index contributed by atoms with van der Waals surface area (Å²) in [6, 6.07) is 11.2. The number of rotatable bonds is 2. The SMILES string of the molecule is Cc1ccc(N(C)C(=O)c2cncc(C#N)c2)cc1. The minimum Gasteiger partial charge on any atom is -0.311 e. The molecule has 0 spiro atoms. The number of benzene rings is 1. The highest BCUT2D eigenvalue weighted by atomic mass is 16.2. The third-order valence-corrected chi connectivity index (χ3v) is 2.84. The van der Waals surface area contributed by atoms with E-state index in [9.17, 15) is 4.79 Å². The Hall–Kier alpha value is -2.67. The van der Waals surface area contributed by atoms with E-state index >= 15 is 0 Å². The monoisotopic (exact) mass is 251 g/mol. The number of hydrogen-bond acceptors (Lipinski definition) is 3. The number of pyridine rings is 1. The molecule has 0 fully saturated rings. The zero-order valence-electron chi connectivity index (χ0n) is 10.8. The summed E-state index contributed by atoms with van der Waals surface area (Å²) in [6.07, 6.45) is 2.90. The average Bonchev–Trinajstić information content (AvgIpc) is 2.46. The first-order chi connectivity index (χ1) is 9.11. The number of aryl methyl sites for hydroxylation is 1. The number of anilines is 1. The van der Waals surface area contributed by atoms with Crippen LogP contribution >= 0.6 is 0 Å². The Morgan fingerprint density at radius 2 is 1.95 bits per heavy atom. The van der Waals surface area contributed by atoms with Crippen molar-refractivity contribution in [3.63, 3.8) is 0 Å². The Balaban J connectivity index is 2.28. The minimum atomic E-state index is -0.187. The predicted octanol–water partition coefficient (Wildman–Crippen LogP) is 2.54. The highest BCUT2D eigenvalue weighted by Gasteiger charge is 2.14. The Morgan fingerprint density at radius 3 is 2.58 bits per heavy atom. The summed E-state index contributed by atoms with van der Waals surface area (Å²) in [6.45, 7) is 1.99. The highest BCUT2D eigenvalue weighted by Crippen LogP contribution is 2.16. The Bertz CT molecular complexity index is 641. The van der Waals surface area contributed by atoms with Crippen LogP contribution in [0.15, 0.2) is 42.7 Å². The van der Waals surface area contributed by atoms with Crippen LogP contribution in [0.2, 0.25) is 0 Å². The molecule has 4 nitrogen and oxygen atoms in total. The molecule has 19 heavy (non-hydrogen) atoms. The van der Waals surface area contributed by atoms with E-state index in [0.717, 1.165) is 11.3 Å². The summed E-state index contributed by atoms with van der Waals surface area (Å²) in [4.78, 5) is 17.7. The largest absolute Gasteiger partial charge is 0.311 e. The molecule has 94 valence electrons. The van der Waals surface area contributed by atoms with Crippen molar-refractivity contribution in [3.8, 4) is 6.07 Å². The van der Waals surface area contributed by atoms with E-state index in [4.69, 9.17) is 5.26 Å². The molecule has 0 bridgehead atoms. The summed E-state index contributed by atoms with van der Waals surface area (Å²) in [5, 5.41) is 8.82. The van der Waals surface area contributed by atoms with Crippen LogP contribution in [0.25, 0.3) is 0 Å². The van der Waals surface area contributed by atoms with Crippen molar-refractivity contribution in [1.29, 1.82) is 5.26 Å². The fraction of sp³-hybridized carbons (Fsp3) is 0.133. The standard InChI is InChI=1S/C15H13N3O/c1-11-3-5-14(6-4-11)18(2)15(19)13-7-12(8-16)9-17-10-13/h3-7,9-10H,1-2H3. The van der Waals surface area contributed by atoms with Gasteiger partial charge >= 0.3 is 0 Å². The van der Waals surface area contributed by atoms with Crippen LogP contribution in [0.4, 0.5) is 5.69 Å². The van der Waals surface area contributed by atoms with Crippen LogP contribution in [0, 0.1) is 18.3 Å². The number of aromatic nitrogens is 1. The molecule has 0 unspecified atom stereocenters. The van der Waals surface area contributed by atoms with Crippen molar-refractivity contribution < 1.29 is 4.79 Å². The average molecular weight is 251 g/mol. The van der Waals surface area contributed by atoms with Crippen molar-refractivity contribution in [1.82, 2.24) is 4.98 Å². The van der Waals surface area contributed by atoms with E-state index in [1.807, 2.05) is 37.3 Å². The summed E-state index contributed by atoms with van der Waals surface area (Å²) < 4.78 is 0. The van der Waals surface area contributed by atoms with Gasteiger partial charge in [0.1, 0.15) is 6.07 Å².